The number of hydrogen-bond acceptors (Lipinski definition) is 6. The van der Waals surface area contributed by atoms with E-state index in [1.807, 2.05) is 61.5 Å². The lowest BCUT2D eigenvalue weighted by Crippen LogP contribution is -2.08. The molecule has 0 N–H and O–H groups in total. The van der Waals surface area contributed by atoms with Crippen LogP contribution in [0.25, 0.3) is 31.8 Å². The van der Waals surface area contributed by atoms with Crippen LogP contribution in [-0.4, -0.2) is 26.2 Å². The molecule has 5 nitrogen and oxygen atoms in total. The number of fused-ring (bicyclic) bond motifs is 2. The molecule has 0 aliphatic rings. The van der Waals surface area contributed by atoms with Gasteiger partial charge in [-0.2, -0.15) is 0 Å². The molecule has 2 aromatic carbocycles. The van der Waals surface area contributed by atoms with Crippen molar-refractivity contribution in [1.29, 1.82) is 0 Å². The van der Waals surface area contributed by atoms with Crippen LogP contribution in [-0.2, 0) is 0 Å². The van der Waals surface area contributed by atoms with E-state index in [9.17, 15) is 4.79 Å². The molecule has 0 aliphatic carbocycles. The van der Waals surface area contributed by atoms with Gasteiger partial charge in [-0.3, -0.25) is 0 Å². The van der Waals surface area contributed by atoms with Crippen LogP contribution in [0.3, 0.4) is 0 Å². The molecule has 2 heterocycles. The third-order valence-corrected chi connectivity index (χ3v) is 5.11. The van der Waals surface area contributed by atoms with E-state index in [1.54, 1.807) is 7.11 Å². The first-order valence-electron chi connectivity index (χ1n) is 7.75. The molecular formula is C19H16N2O3S. The first-order valence-corrected chi connectivity index (χ1v) is 8.57. The third-order valence-electron chi connectivity index (χ3n) is 4.06. The number of thiazole rings is 1. The summed E-state index contributed by atoms with van der Waals surface area (Å²) in [7, 11) is 5.52. The van der Waals surface area contributed by atoms with Gasteiger partial charge in [0.15, 0.2) is 0 Å². The lowest BCUT2D eigenvalue weighted by atomic mass is 10.1. The van der Waals surface area contributed by atoms with E-state index in [-0.39, 0.29) is 5.63 Å². The van der Waals surface area contributed by atoms with Crippen LogP contribution in [0.2, 0.25) is 0 Å². The fourth-order valence-corrected chi connectivity index (χ4v) is 3.67. The van der Waals surface area contributed by atoms with E-state index in [2.05, 4.69) is 4.98 Å². The fraction of sp³-hybridized carbons (Fsp3) is 0.158. The fourth-order valence-electron chi connectivity index (χ4n) is 2.67. The smallest absolute Gasteiger partial charge is 0.346 e. The molecule has 0 unspecified atom stereocenters. The molecule has 0 amide bonds. The Morgan fingerprint density at radius 3 is 2.72 bits per heavy atom. The van der Waals surface area contributed by atoms with Crippen molar-refractivity contribution in [3.05, 3.63) is 52.9 Å². The van der Waals surface area contributed by atoms with Crippen LogP contribution in [0, 0.1) is 0 Å². The SMILES string of the molecule is COc1ccc2nc(-c3cc4ccc(N(C)C)cc4oc3=O)sc2c1. The van der Waals surface area contributed by atoms with Gasteiger partial charge in [0.2, 0.25) is 0 Å². The molecule has 0 saturated carbocycles. The van der Waals surface area contributed by atoms with E-state index in [0.29, 0.717) is 16.2 Å². The summed E-state index contributed by atoms with van der Waals surface area (Å²) in [4.78, 5) is 19.0. The highest BCUT2D eigenvalue weighted by molar-refractivity contribution is 7.21. The van der Waals surface area contributed by atoms with Crippen LogP contribution in [0.1, 0.15) is 0 Å². The zero-order valence-corrected chi connectivity index (χ0v) is 14.9. The number of nitrogens with zero attached hydrogens (tertiary/aromatic N) is 2. The number of methoxy groups -OCH3 is 1. The Morgan fingerprint density at radius 1 is 1.12 bits per heavy atom. The number of benzene rings is 2. The van der Waals surface area contributed by atoms with Crippen molar-refractivity contribution in [3.63, 3.8) is 0 Å². The predicted octanol–water partition coefficient (Wildman–Crippen LogP) is 4.14. The highest BCUT2D eigenvalue weighted by Crippen LogP contribution is 2.32. The van der Waals surface area contributed by atoms with Crippen molar-refractivity contribution >= 4 is 38.2 Å². The molecular weight excluding hydrogens is 336 g/mol. The van der Waals surface area contributed by atoms with Crippen LogP contribution in [0.15, 0.2) is 51.7 Å². The van der Waals surface area contributed by atoms with Crippen LogP contribution in [0.4, 0.5) is 5.69 Å². The van der Waals surface area contributed by atoms with Crippen molar-refractivity contribution in [2.24, 2.45) is 0 Å². The zero-order valence-electron chi connectivity index (χ0n) is 14.1. The summed E-state index contributed by atoms with van der Waals surface area (Å²) in [6.07, 6.45) is 0. The summed E-state index contributed by atoms with van der Waals surface area (Å²) in [6.45, 7) is 0. The largest absolute Gasteiger partial charge is 0.497 e. The van der Waals surface area contributed by atoms with E-state index < -0.39 is 0 Å². The lowest BCUT2D eigenvalue weighted by molar-refractivity contribution is 0.415. The predicted molar refractivity (Wildman–Crippen MR) is 102 cm³/mol. The van der Waals surface area contributed by atoms with Crippen LogP contribution < -0.4 is 15.3 Å². The minimum absolute atomic E-state index is 0.380. The second-order valence-corrected chi connectivity index (χ2v) is 6.95. The molecule has 6 heteroatoms. The average Bonchev–Trinajstić information content (AvgIpc) is 3.03. The Hall–Kier alpha value is -2.86. The maximum atomic E-state index is 12.5. The lowest BCUT2D eigenvalue weighted by Gasteiger charge is -2.12. The van der Waals surface area contributed by atoms with E-state index in [4.69, 9.17) is 9.15 Å². The molecule has 0 radical (unpaired) electrons. The Labute approximate surface area is 148 Å². The maximum Gasteiger partial charge on any atom is 0.346 e. The number of ether oxygens (including phenoxy) is 1. The number of hydrogen-bond donors (Lipinski definition) is 0. The third kappa shape index (κ3) is 2.74. The molecule has 25 heavy (non-hydrogen) atoms. The van der Waals surface area contributed by atoms with Crippen molar-refractivity contribution < 1.29 is 9.15 Å². The van der Waals surface area contributed by atoms with Gasteiger partial charge in [0.25, 0.3) is 0 Å². The number of rotatable bonds is 3. The summed E-state index contributed by atoms with van der Waals surface area (Å²) in [6, 6.07) is 13.3. The van der Waals surface area contributed by atoms with Crippen molar-refractivity contribution in [1.82, 2.24) is 4.98 Å². The molecule has 126 valence electrons. The zero-order chi connectivity index (χ0) is 17.6. The Morgan fingerprint density at radius 2 is 1.96 bits per heavy atom. The minimum atomic E-state index is -0.380. The second-order valence-electron chi connectivity index (χ2n) is 5.92. The standard InChI is InChI=1S/C19H16N2O3S/c1-21(2)12-5-4-11-8-14(19(22)24-16(11)9-12)18-20-15-7-6-13(23-3)10-17(15)25-18/h4-10H,1-3H3. The Bertz CT molecular complexity index is 1140. The molecule has 0 fully saturated rings. The van der Waals surface area contributed by atoms with Crippen molar-refractivity contribution in [2.75, 3.05) is 26.1 Å². The first kappa shape index (κ1) is 15.7. The summed E-state index contributed by atoms with van der Waals surface area (Å²) < 4.78 is 11.8. The highest BCUT2D eigenvalue weighted by Gasteiger charge is 2.14. The van der Waals surface area contributed by atoms with Gasteiger partial charge < -0.3 is 14.1 Å². The van der Waals surface area contributed by atoms with Gasteiger partial charge in [-0.1, -0.05) is 0 Å². The molecule has 0 saturated heterocycles. The van der Waals surface area contributed by atoms with Crippen molar-refractivity contribution in [3.8, 4) is 16.3 Å². The average molecular weight is 352 g/mol. The Kier molecular flexibility index (Phi) is 3.69. The Balaban J connectivity index is 1.87. The summed E-state index contributed by atoms with van der Waals surface area (Å²) in [5, 5.41) is 1.52. The molecule has 2 aromatic heterocycles. The van der Waals surface area contributed by atoms with Gasteiger partial charge >= 0.3 is 5.63 Å². The van der Waals surface area contributed by atoms with Gasteiger partial charge in [0, 0.05) is 31.2 Å². The molecule has 0 bridgehead atoms. The van der Waals surface area contributed by atoms with Crippen LogP contribution in [0.5, 0.6) is 5.75 Å². The van der Waals surface area contributed by atoms with Crippen molar-refractivity contribution in [2.45, 2.75) is 0 Å². The van der Waals surface area contributed by atoms with Gasteiger partial charge in [-0.15, -0.1) is 11.3 Å². The quantitative estimate of drug-likeness (QED) is 0.519. The topological polar surface area (TPSA) is 55.6 Å². The van der Waals surface area contributed by atoms with Gasteiger partial charge in [0.05, 0.1) is 22.9 Å². The molecule has 0 atom stereocenters. The van der Waals surface area contributed by atoms with Gasteiger partial charge in [0.1, 0.15) is 16.3 Å². The summed E-state index contributed by atoms with van der Waals surface area (Å²) in [5.74, 6) is 0.768. The number of aromatic nitrogens is 1. The van der Waals surface area contributed by atoms with E-state index in [0.717, 1.165) is 27.0 Å². The first-order chi connectivity index (χ1) is 12.0. The summed E-state index contributed by atoms with van der Waals surface area (Å²) >= 11 is 1.45. The second kappa shape index (κ2) is 5.89. The normalized spacial score (nSPS) is 11.2. The van der Waals surface area contributed by atoms with E-state index in [1.165, 1.54) is 11.3 Å². The maximum absolute atomic E-state index is 12.5. The van der Waals surface area contributed by atoms with Gasteiger partial charge in [-0.25, -0.2) is 9.78 Å². The minimum Gasteiger partial charge on any atom is -0.497 e. The molecule has 0 spiro atoms. The molecule has 4 aromatic rings. The molecule has 4 rings (SSSR count). The molecule has 0 aliphatic heterocycles. The number of anilines is 1. The highest BCUT2D eigenvalue weighted by atomic mass is 32.1. The van der Waals surface area contributed by atoms with E-state index >= 15 is 0 Å². The monoisotopic (exact) mass is 352 g/mol. The van der Waals surface area contributed by atoms with Gasteiger partial charge in [-0.05, 0) is 36.4 Å². The summed E-state index contributed by atoms with van der Waals surface area (Å²) in [5.41, 5.74) is 2.49. The van der Waals surface area contributed by atoms with Crippen LogP contribution >= 0.6 is 11.3 Å².